The molecule has 0 saturated carbocycles. The molecule has 0 fully saturated rings. The molecule has 78 valence electrons. The zero-order valence-electron chi connectivity index (χ0n) is 9.32. The van der Waals surface area contributed by atoms with Crippen LogP contribution in [0.3, 0.4) is 0 Å². The number of benzene rings is 1. The Bertz CT molecular complexity index is 497. The molecule has 0 saturated heterocycles. The summed E-state index contributed by atoms with van der Waals surface area (Å²) in [6.07, 6.45) is 3.19. The van der Waals surface area contributed by atoms with Crippen LogP contribution in [0.15, 0.2) is 36.7 Å². The number of pyridine rings is 1. The predicted molar refractivity (Wildman–Crippen MR) is 61.6 cm³/mol. The number of aromatic nitrogens is 1. The first-order valence-electron chi connectivity index (χ1n) is 5.10. The molecule has 0 aliphatic rings. The highest BCUT2D eigenvalue weighted by Crippen LogP contribution is 2.28. The summed E-state index contributed by atoms with van der Waals surface area (Å²) in [7, 11) is 0. The molecule has 0 spiro atoms. The summed E-state index contributed by atoms with van der Waals surface area (Å²) < 4.78 is 0.859. The number of fused-ring (bicyclic) bond motifs is 1. The zero-order valence-corrected chi connectivity index (χ0v) is 9.32. The van der Waals surface area contributed by atoms with Gasteiger partial charge < -0.3 is 5.21 Å². The van der Waals surface area contributed by atoms with E-state index in [9.17, 15) is 5.21 Å². The largest absolute Gasteiger partial charge is 0.619 e. The maximum atomic E-state index is 11.3. The van der Waals surface area contributed by atoms with Crippen molar-refractivity contribution in [2.24, 2.45) is 0 Å². The molecule has 0 radical (unpaired) electrons. The van der Waals surface area contributed by atoms with Crippen molar-refractivity contribution in [2.75, 3.05) is 0 Å². The van der Waals surface area contributed by atoms with E-state index in [4.69, 9.17) is 0 Å². The van der Waals surface area contributed by atoms with Crippen molar-refractivity contribution in [1.82, 2.24) is 0 Å². The van der Waals surface area contributed by atoms with Crippen LogP contribution in [-0.4, -0.2) is 0 Å². The van der Waals surface area contributed by atoms with E-state index in [1.807, 2.05) is 18.2 Å². The first kappa shape index (κ1) is 9.97. The predicted octanol–water partition coefficient (Wildman–Crippen LogP) is 2.77. The van der Waals surface area contributed by atoms with Gasteiger partial charge in [-0.05, 0) is 16.4 Å². The maximum absolute atomic E-state index is 11.3. The molecule has 0 aliphatic heterocycles. The first-order valence-corrected chi connectivity index (χ1v) is 5.10. The fraction of sp³-hybridized carbons (Fsp3) is 0.308. The number of nitrogens with zero attached hydrogens (tertiary/aromatic N) is 1. The lowest BCUT2D eigenvalue weighted by Gasteiger charge is -2.20. The maximum Gasteiger partial charge on any atom is 0.188 e. The summed E-state index contributed by atoms with van der Waals surface area (Å²) in [4.78, 5) is 0. The number of hydrogen-bond donors (Lipinski definition) is 0. The minimum Gasteiger partial charge on any atom is -0.619 e. The molecule has 15 heavy (non-hydrogen) atoms. The van der Waals surface area contributed by atoms with Crippen molar-refractivity contribution >= 4 is 10.8 Å². The van der Waals surface area contributed by atoms with E-state index in [0.717, 1.165) is 15.5 Å². The smallest absolute Gasteiger partial charge is 0.188 e. The standard InChI is InChI=1S/C13H15NO/c1-13(2,3)12-6-4-5-10-7-8-14(15)9-11(10)12/h4-9H,1-3H3. The monoisotopic (exact) mass is 201 g/mol. The minimum atomic E-state index is 0.0634. The number of rotatable bonds is 0. The molecule has 0 unspecified atom stereocenters. The highest BCUT2D eigenvalue weighted by Gasteiger charge is 2.17. The second kappa shape index (κ2) is 3.23. The molecule has 0 aliphatic carbocycles. The Labute approximate surface area is 89.8 Å². The first-order chi connectivity index (χ1) is 6.98. The quantitative estimate of drug-likeness (QED) is 0.475. The van der Waals surface area contributed by atoms with Crippen molar-refractivity contribution in [3.8, 4) is 0 Å². The van der Waals surface area contributed by atoms with Crippen LogP contribution in [0.1, 0.15) is 26.3 Å². The van der Waals surface area contributed by atoms with Crippen LogP contribution in [0.25, 0.3) is 10.8 Å². The van der Waals surface area contributed by atoms with Crippen molar-refractivity contribution < 1.29 is 4.73 Å². The SMILES string of the molecule is CC(C)(C)c1cccc2cc[n+]([O-])cc12. The molecule has 0 atom stereocenters. The van der Waals surface area contributed by atoms with Crippen LogP contribution in [0.4, 0.5) is 0 Å². The van der Waals surface area contributed by atoms with E-state index >= 15 is 0 Å². The van der Waals surface area contributed by atoms with Gasteiger partial charge in [0.25, 0.3) is 0 Å². The molecule has 1 aromatic heterocycles. The molecule has 1 heterocycles. The molecule has 0 bridgehead atoms. The second-order valence-electron chi connectivity index (χ2n) is 4.86. The van der Waals surface area contributed by atoms with Crippen molar-refractivity contribution in [1.29, 1.82) is 0 Å². The van der Waals surface area contributed by atoms with Crippen LogP contribution in [0.2, 0.25) is 0 Å². The Morgan fingerprint density at radius 1 is 1.13 bits per heavy atom. The second-order valence-corrected chi connectivity index (χ2v) is 4.86. The van der Waals surface area contributed by atoms with Gasteiger partial charge in [-0.15, -0.1) is 0 Å². The van der Waals surface area contributed by atoms with Crippen LogP contribution in [0.5, 0.6) is 0 Å². The lowest BCUT2D eigenvalue weighted by molar-refractivity contribution is -0.603. The molecular formula is C13H15NO. The van der Waals surface area contributed by atoms with Gasteiger partial charge in [0, 0.05) is 6.07 Å². The van der Waals surface area contributed by atoms with Crippen molar-refractivity contribution in [3.05, 3.63) is 47.4 Å². The lowest BCUT2D eigenvalue weighted by Crippen LogP contribution is -2.24. The topological polar surface area (TPSA) is 26.9 Å². The van der Waals surface area contributed by atoms with Gasteiger partial charge in [-0.25, -0.2) is 0 Å². The van der Waals surface area contributed by atoms with E-state index in [0.29, 0.717) is 0 Å². The molecular weight excluding hydrogens is 186 g/mol. The third kappa shape index (κ3) is 1.80. The van der Waals surface area contributed by atoms with E-state index < -0.39 is 0 Å². The average molecular weight is 201 g/mol. The van der Waals surface area contributed by atoms with Gasteiger partial charge in [-0.2, -0.15) is 4.73 Å². The van der Waals surface area contributed by atoms with Crippen LogP contribution in [-0.2, 0) is 5.41 Å². The molecule has 0 N–H and O–H groups in total. The van der Waals surface area contributed by atoms with E-state index in [1.54, 1.807) is 6.20 Å². The molecule has 2 aromatic rings. The van der Waals surface area contributed by atoms with E-state index in [1.165, 1.54) is 11.8 Å². The summed E-state index contributed by atoms with van der Waals surface area (Å²) in [6, 6.07) is 8.02. The van der Waals surface area contributed by atoms with Crippen molar-refractivity contribution in [2.45, 2.75) is 26.2 Å². The summed E-state index contributed by atoms with van der Waals surface area (Å²) >= 11 is 0. The molecule has 0 amide bonds. The third-order valence-corrected chi connectivity index (χ3v) is 2.61. The van der Waals surface area contributed by atoms with Gasteiger partial charge in [0.2, 0.25) is 0 Å². The average Bonchev–Trinajstić information content (AvgIpc) is 2.15. The lowest BCUT2D eigenvalue weighted by atomic mass is 9.84. The summed E-state index contributed by atoms with van der Waals surface area (Å²) in [5.41, 5.74) is 1.28. The van der Waals surface area contributed by atoms with E-state index in [2.05, 4.69) is 26.8 Å². The molecule has 1 aromatic carbocycles. The Morgan fingerprint density at radius 3 is 2.53 bits per heavy atom. The fourth-order valence-corrected chi connectivity index (χ4v) is 1.85. The Hall–Kier alpha value is -1.57. The van der Waals surface area contributed by atoms with Gasteiger partial charge >= 0.3 is 0 Å². The Kier molecular flexibility index (Phi) is 2.14. The van der Waals surface area contributed by atoms with Crippen LogP contribution >= 0.6 is 0 Å². The normalized spacial score (nSPS) is 11.9. The highest BCUT2D eigenvalue weighted by atomic mass is 16.5. The van der Waals surface area contributed by atoms with Gasteiger partial charge in [0.1, 0.15) is 0 Å². The van der Waals surface area contributed by atoms with Crippen molar-refractivity contribution in [3.63, 3.8) is 0 Å². The Morgan fingerprint density at radius 2 is 1.87 bits per heavy atom. The van der Waals surface area contributed by atoms with Crippen LogP contribution < -0.4 is 4.73 Å². The fourth-order valence-electron chi connectivity index (χ4n) is 1.85. The third-order valence-electron chi connectivity index (χ3n) is 2.61. The van der Waals surface area contributed by atoms with E-state index in [-0.39, 0.29) is 5.41 Å². The van der Waals surface area contributed by atoms with Gasteiger partial charge in [-0.1, -0.05) is 39.0 Å². The van der Waals surface area contributed by atoms with Gasteiger partial charge in [0.15, 0.2) is 12.4 Å². The highest BCUT2D eigenvalue weighted by molar-refractivity contribution is 5.85. The molecule has 2 nitrogen and oxygen atoms in total. The minimum absolute atomic E-state index is 0.0634. The zero-order chi connectivity index (χ0) is 11.1. The van der Waals surface area contributed by atoms with Gasteiger partial charge in [0.05, 0.1) is 5.39 Å². The summed E-state index contributed by atoms with van der Waals surface area (Å²) in [5.74, 6) is 0. The van der Waals surface area contributed by atoms with Crippen LogP contribution in [0, 0.1) is 5.21 Å². The van der Waals surface area contributed by atoms with Gasteiger partial charge in [-0.3, -0.25) is 0 Å². The molecule has 2 rings (SSSR count). The number of hydrogen-bond acceptors (Lipinski definition) is 1. The molecule has 2 heteroatoms. The summed E-state index contributed by atoms with van der Waals surface area (Å²) in [5, 5.41) is 13.4. The summed E-state index contributed by atoms with van der Waals surface area (Å²) in [6.45, 7) is 6.47. The Balaban J connectivity index is 2.80.